The van der Waals surface area contributed by atoms with Gasteiger partial charge in [0.2, 0.25) is 0 Å². The first-order chi connectivity index (χ1) is 5.09. The summed E-state index contributed by atoms with van der Waals surface area (Å²) < 4.78 is 0. The fraction of sp³-hybridized carbons (Fsp3) is 0.667. The topological polar surface area (TPSA) is 63.4 Å². The monoisotopic (exact) mass is 177 g/mol. The van der Waals surface area contributed by atoms with Gasteiger partial charge >= 0.3 is 0 Å². The number of allylic oxidation sites excluding steroid dienone is 2. The molecule has 1 N–H and O–H groups in total. The van der Waals surface area contributed by atoms with Gasteiger partial charge in [0.05, 0.1) is 16.4 Å². The van der Waals surface area contributed by atoms with E-state index in [-0.39, 0.29) is 12.3 Å². The summed E-state index contributed by atoms with van der Waals surface area (Å²) in [4.78, 5) is 10.4. The van der Waals surface area contributed by atoms with E-state index in [1.54, 1.807) is 6.92 Å². The van der Waals surface area contributed by atoms with Crippen molar-refractivity contribution in [1.82, 2.24) is 0 Å². The van der Waals surface area contributed by atoms with Crippen molar-refractivity contribution in [3.8, 4) is 0 Å². The molecule has 0 radical (unpaired) electrons. The van der Waals surface area contributed by atoms with Crippen LogP contribution in [0, 0.1) is 10.1 Å². The Morgan fingerprint density at radius 1 is 1.64 bits per heavy atom. The molecule has 0 fully saturated rings. The minimum absolute atomic E-state index is 0.0486. The van der Waals surface area contributed by atoms with Crippen molar-refractivity contribution in [2.45, 2.75) is 13.8 Å². The maximum atomic E-state index is 10.2. The second-order valence-corrected chi connectivity index (χ2v) is 3.28. The number of hydrogen-bond donors (Lipinski definition) is 1. The number of hydrogen-bond acceptors (Lipinski definition) is 4. The number of aliphatic hydroxyl groups excluding tert-OH is 1. The van der Waals surface area contributed by atoms with Crippen LogP contribution >= 0.6 is 11.8 Å². The third-order valence-corrected chi connectivity index (χ3v) is 2.31. The third kappa shape index (κ3) is 4.00. The summed E-state index contributed by atoms with van der Waals surface area (Å²) in [7, 11) is 0. The molecule has 0 spiro atoms. The van der Waals surface area contributed by atoms with Crippen molar-refractivity contribution in [1.29, 1.82) is 0 Å². The van der Waals surface area contributed by atoms with Crippen molar-refractivity contribution < 1.29 is 10.0 Å². The average molecular weight is 177 g/mol. The molecule has 0 aromatic heterocycles. The van der Waals surface area contributed by atoms with Gasteiger partial charge in [-0.2, -0.15) is 0 Å². The van der Waals surface area contributed by atoms with E-state index in [2.05, 4.69) is 0 Å². The van der Waals surface area contributed by atoms with Crippen LogP contribution in [0.15, 0.2) is 10.6 Å². The zero-order valence-corrected chi connectivity index (χ0v) is 7.35. The standard InChI is InChI=1S/C6H11NO3S/c1-5(7(9)10)6(2)11-4-3-8/h8H,3-4H2,1-2H3/b6-5-. The molecule has 0 saturated carbocycles. The van der Waals surface area contributed by atoms with E-state index >= 15 is 0 Å². The summed E-state index contributed by atoms with van der Waals surface area (Å²) in [6, 6.07) is 0. The molecule has 0 aliphatic rings. The van der Waals surface area contributed by atoms with Gasteiger partial charge in [-0.1, -0.05) is 0 Å². The van der Waals surface area contributed by atoms with Crippen LogP contribution in [0.3, 0.4) is 0 Å². The summed E-state index contributed by atoms with van der Waals surface area (Å²) in [6.07, 6.45) is 0. The highest BCUT2D eigenvalue weighted by atomic mass is 32.2. The zero-order valence-electron chi connectivity index (χ0n) is 6.53. The van der Waals surface area contributed by atoms with E-state index in [4.69, 9.17) is 5.11 Å². The molecule has 0 bridgehead atoms. The van der Waals surface area contributed by atoms with Crippen molar-refractivity contribution in [3.05, 3.63) is 20.7 Å². The first-order valence-corrected chi connectivity index (χ1v) is 4.13. The first-order valence-electron chi connectivity index (χ1n) is 3.15. The van der Waals surface area contributed by atoms with Crippen LogP contribution in [0.2, 0.25) is 0 Å². The van der Waals surface area contributed by atoms with E-state index in [1.807, 2.05) is 0 Å². The van der Waals surface area contributed by atoms with Gasteiger partial charge < -0.3 is 5.11 Å². The Kier molecular flexibility index (Phi) is 4.89. The molecule has 0 heterocycles. The van der Waals surface area contributed by atoms with Gasteiger partial charge in [0.25, 0.3) is 5.70 Å². The summed E-state index contributed by atoms with van der Waals surface area (Å²) in [5.74, 6) is 0.511. The quantitative estimate of drug-likeness (QED) is 0.518. The Morgan fingerprint density at radius 3 is 2.55 bits per heavy atom. The molecule has 11 heavy (non-hydrogen) atoms. The van der Waals surface area contributed by atoms with Crippen LogP contribution in [-0.2, 0) is 0 Å². The predicted octanol–water partition coefficient (Wildman–Crippen LogP) is 1.24. The molecule has 0 aliphatic heterocycles. The SMILES string of the molecule is C/C(SCCO)=C(\C)[N+](=O)[O-]. The lowest BCUT2D eigenvalue weighted by Crippen LogP contribution is -1.97. The average Bonchev–Trinajstić information content (AvgIpc) is 1.98. The molecule has 4 nitrogen and oxygen atoms in total. The number of aliphatic hydroxyl groups is 1. The maximum absolute atomic E-state index is 10.2. The molecule has 5 heteroatoms. The molecule has 64 valence electrons. The molecule has 0 atom stereocenters. The molecule has 0 amide bonds. The van der Waals surface area contributed by atoms with Gasteiger partial charge in [-0.15, -0.1) is 11.8 Å². The predicted molar refractivity (Wildman–Crippen MR) is 44.9 cm³/mol. The maximum Gasteiger partial charge on any atom is 0.252 e. The Hall–Kier alpha value is -0.550. The normalized spacial score (nSPS) is 12.6. The van der Waals surface area contributed by atoms with E-state index in [9.17, 15) is 10.1 Å². The Morgan fingerprint density at radius 2 is 2.18 bits per heavy atom. The lowest BCUT2D eigenvalue weighted by atomic mass is 10.5. The van der Waals surface area contributed by atoms with E-state index in [1.165, 1.54) is 18.7 Å². The van der Waals surface area contributed by atoms with Crippen LogP contribution < -0.4 is 0 Å². The van der Waals surface area contributed by atoms with Crippen molar-refractivity contribution in [3.63, 3.8) is 0 Å². The van der Waals surface area contributed by atoms with Gasteiger partial charge in [0.15, 0.2) is 0 Å². The summed E-state index contributed by atoms with van der Waals surface area (Å²) >= 11 is 1.30. The van der Waals surface area contributed by atoms with Gasteiger partial charge in [-0.25, -0.2) is 0 Å². The number of rotatable bonds is 4. The number of nitro groups is 1. The van der Waals surface area contributed by atoms with E-state index < -0.39 is 4.92 Å². The Balaban J connectivity index is 4.05. The van der Waals surface area contributed by atoms with Crippen LogP contribution in [0.5, 0.6) is 0 Å². The van der Waals surface area contributed by atoms with E-state index in [0.29, 0.717) is 10.7 Å². The van der Waals surface area contributed by atoms with Gasteiger partial charge in [-0.05, 0) is 6.92 Å². The fourth-order valence-electron chi connectivity index (χ4n) is 0.432. The molecule has 0 aliphatic carbocycles. The molecular formula is C6H11NO3S. The van der Waals surface area contributed by atoms with Gasteiger partial charge in [0.1, 0.15) is 0 Å². The van der Waals surface area contributed by atoms with Crippen molar-refractivity contribution in [2.75, 3.05) is 12.4 Å². The van der Waals surface area contributed by atoms with Gasteiger partial charge in [-0.3, -0.25) is 10.1 Å². The molecular weight excluding hydrogens is 166 g/mol. The lowest BCUT2D eigenvalue weighted by Gasteiger charge is -1.97. The molecule has 0 rings (SSSR count). The zero-order chi connectivity index (χ0) is 8.85. The molecule has 0 unspecified atom stereocenters. The summed E-state index contributed by atoms with van der Waals surface area (Å²) in [5.41, 5.74) is 0.156. The van der Waals surface area contributed by atoms with Gasteiger partial charge in [0, 0.05) is 12.7 Å². The minimum atomic E-state index is -0.417. The van der Waals surface area contributed by atoms with E-state index in [0.717, 1.165) is 0 Å². The van der Waals surface area contributed by atoms with Crippen LogP contribution in [-0.4, -0.2) is 22.4 Å². The highest BCUT2D eigenvalue weighted by molar-refractivity contribution is 8.03. The number of nitrogens with zero attached hydrogens (tertiary/aromatic N) is 1. The smallest absolute Gasteiger partial charge is 0.252 e. The summed E-state index contributed by atoms with van der Waals surface area (Å²) in [5, 5.41) is 18.6. The molecule has 0 aromatic rings. The summed E-state index contributed by atoms with van der Waals surface area (Å²) in [6.45, 7) is 3.19. The first kappa shape index (κ1) is 10.4. The van der Waals surface area contributed by atoms with Crippen LogP contribution in [0.4, 0.5) is 0 Å². The Labute approximate surface area is 69.4 Å². The molecule has 0 saturated heterocycles. The minimum Gasteiger partial charge on any atom is -0.396 e. The molecule has 0 aromatic carbocycles. The van der Waals surface area contributed by atoms with Crippen LogP contribution in [0.1, 0.15) is 13.8 Å². The number of thioether (sulfide) groups is 1. The second kappa shape index (κ2) is 5.15. The van der Waals surface area contributed by atoms with Crippen LogP contribution in [0.25, 0.3) is 0 Å². The Bertz CT molecular complexity index is 179. The third-order valence-electron chi connectivity index (χ3n) is 1.19. The largest absolute Gasteiger partial charge is 0.396 e. The van der Waals surface area contributed by atoms with Crippen molar-refractivity contribution in [2.24, 2.45) is 0 Å². The lowest BCUT2D eigenvalue weighted by molar-refractivity contribution is -0.424. The fourth-order valence-corrected chi connectivity index (χ4v) is 1.11. The second-order valence-electron chi connectivity index (χ2n) is 1.97. The highest BCUT2D eigenvalue weighted by Gasteiger charge is 2.07. The highest BCUT2D eigenvalue weighted by Crippen LogP contribution is 2.18. The van der Waals surface area contributed by atoms with Crippen molar-refractivity contribution >= 4 is 11.8 Å².